The van der Waals surface area contributed by atoms with Crippen molar-refractivity contribution in [2.45, 2.75) is 136 Å². The summed E-state index contributed by atoms with van der Waals surface area (Å²) in [5.41, 5.74) is 0.677. The molecule has 0 bridgehead atoms. The Hall–Kier alpha value is -1.32. The Morgan fingerprint density at radius 3 is 1.86 bits per heavy atom. The van der Waals surface area contributed by atoms with E-state index in [9.17, 15) is 9.59 Å². The summed E-state index contributed by atoms with van der Waals surface area (Å²) in [6.07, 6.45) is 20.6. The number of carbonyl (C=O) groups excluding carboxylic acids is 2. The van der Waals surface area contributed by atoms with E-state index in [-0.39, 0.29) is 17.2 Å². The van der Waals surface area contributed by atoms with E-state index >= 15 is 0 Å². The molecule has 1 aliphatic carbocycles. The molecule has 1 aromatic carbocycles. The van der Waals surface area contributed by atoms with Crippen LogP contribution >= 0.6 is 23.2 Å². The van der Waals surface area contributed by atoms with Crippen LogP contribution in [0.15, 0.2) is 24.0 Å². The molecule has 0 atom stereocenters. The SMILES string of the molecule is CCCCCCCCCCCCCCCCCC(=O)OC1=C(c2cc(Cl)ccc2Cl)C(=O)CC(C)(C)C1. The van der Waals surface area contributed by atoms with Crippen LogP contribution in [0, 0.1) is 5.41 Å². The van der Waals surface area contributed by atoms with Gasteiger partial charge in [-0.2, -0.15) is 0 Å². The number of allylic oxidation sites excluding steroid dienone is 2. The van der Waals surface area contributed by atoms with Gasteiger partial charge in [0.25, 0.3) is 0 Å². The molecule has 0 fully saturated rings. The zero-order valence-corrected chi connectivity index (χ0v) is 25.0. The summed E-state index contributed by atoms with van der Waals surface area (Å²) in [7, 11) is 0. The Morgan fingerprint density at radius 2 is 1.32 bits per heavy atom. The van der Waals surface area contributed by atoms with E-state index in [1.165, 1.54) is 77.0 Å². The van der Waals surface area contributed by atoms with Crippen LogP contribution in [-0.4, -0.2) is 11.8 Å². The molecule has 3 nitrogen and oxygen atoms in total. The van der Waals surface area contributed by atoms with E-state index in [1.54, 1.807) is 18.2 Å². The number of hydrogen-bond acceptors (Lipinski definition) is 3. The van der Waals surface area contributed by atoms with Crippen molar-refractivity contribution in [3.63, 3.8) is 0 Å². The van der Waals surface area contributed by atoms with Gasteiger partial charge in [-0.3, -0.25) is 9.59 Å². The van der Waals surface area contributed by atoms with E-state index in [0.29, 0.717) is 46.2 Å². The predicted octanol–water partition coefficient (Wildman–Crippen LogP) is 10.9. The number of benzene rings is 1. The second kappa shape index (κ2) is 17.3. The fourth-order valence-electron chi connectivity index (χ4n) is 5.17. The van der Waals surface area contributed by atoms with Crippen LogP contribution in [0.1, 0.15) is 142 Å². The molecular formula is C32H48Cl2O3. The van der Waals surface area contributed by atoms with E-state index in [1.807, 2.05) is 13.8 Å². The van der Waals surface area contributed by atoms with E-state index in [0.717, 1.165) is 19.3 Å². The molecule has 0 amide bonds. The van der Waals surface area contributed by atoms with Crippen molar-refractivity contribution in [2.24, 2.45) is 5.41 Å². The van der Waals surface area contributed by atoms with Crippen molar-refractivity contribution in [1.82, 2.24) is 0 Å². The van der Waals surface area contributed by atoms with Gasteiger partial charge in [0.2, 0.25) is 0 Å². The van der Waals surface area contributed by atoms with Crippen LogP contribution in [0.3, 0.4) is 0 Å². The smallest absolute Gasteiger partial charge is 0.310 e. The summed E-state index contributed by atoms with van der Waals surface area (Å²) in [6.45, 7) is 6.30. The van der Waals surface area contributed by atoms with Gasteiger partial charge in [0.05, 0.1) is 5.57 Å². The topological polar surface area (TPSA) is 43.4 Å². The van der Waals surface area contributed by atoms with Crippen molar-refractivity contribution in [2.75, 3.05) is 0 Å². The number of ether oxygens (including phenoxy) is 1. The zero-order valence-electron chi connectivity index (χ0n) is 23.4. The summed E-state index contributed by atoms with van der Waals surface area (Å²) in [5.74, 6) is 0.0948. The van der Waals surface area contributed by atoms with Crippen LogP contribution in [-0.2, 0) is 14.3 Å². The number of esters is 1. The van der Waals surface area contributed by atoms with Crippen LogP contribution in [0.4, 0.5) is 0 Å². The lowest BCUT2D eigenvalue weighted by Gasteiger charge is -2.31. The highest BCUT2D eigenvalue weighted by molar-refractivity contribution is 6.37. The normalized spacial score (nSPS) is 15.3. The quantitative estimate of drug-likeness (QED) is 0.135. The van der Waals surface area contributed by atoms with Gasteiger partial charge in [-0.05, 0) is 30.0 Å². The largest absolute Gasteiger partial charge is 0.430 e. The molecule has 208 valence electrons. The lowest BCUT2D eigenvalue weighted by atomic mass is 9.75. The zero-order chi connectivity index (χ0) is 27.1. The highest BCUT2D eigenvalue weighted by atomic mass is 35.5. The molecule has 5 heteroatoms. The lowest BCUT2D eigenvalue weighted by Crippen LogP contribution is -2.27. The van der Waals surface area contributed by atoms with Gasteiger partial charge in [0.1, 0.15) is 5.76 Å². The maximum atomic E-state index is 13.0. The fourth-order valence-corrected chi connectivity index (χ4v) is 5.55. The summed E-state index contributed by atoms with van der Waals surface area (Å²) in [4.78, 5) is 25.7. The molecule has 37 heavy (non-hydrogen) atoms. The van der Waals surface area contributed by atoms with Crippen LogP contribution in [0.5, 0.6) is 0 Å². The monoisotopic (exact) mass is 550 g/mol. The summed E-state index contributed by atoms with van der Waals surface area (Å²) < 4.78 is 5.80. The average Bonchev–Trinajstić information content (AvgIpc) is 2.82. The minimum Gasteiger partial charge on any atom is -0.430 e. The standard InChI is InChI=1S/C32H48Cl2O3/c1-4-5-6-7-8-9-10-11-12-13-14-15-16-17-18-19-30(36)37-29-24-32(2,3)23-28(35)31(29)26-22-25(33)20-21-27(26)34/h20-22H,4-19,23-24H2,1-3H3. The molecule has 2 rings (SSSR count). The van der Waals surface area contributed by atoms with Crippen molar-refractivity contribution in [1.29, 1.82) is 0 Å². The van der Waals surface area contributed by atoms with Crippen molar-refractivity contribution in [3.8, 4) is 0 Å². The Kier molecular flexibility index (Phi) is 14.9. The summed E-state index contributed by atoms with van der Waals surface area (Å²) >= 11 is 12.6. The summed E-state index contributed by atoms with van der Waals surface area (Å²) in [6, 6.07) is 5.04. The van der Waals surface area contributed by atoms with E-state index in [4.69, 9.17) is 27.9 Å². The van der Waals surface area contributed by atoms with Crippen LogP contribution in [0.25, 0.3) is 5.57 Å². The highest BCUT2D eigenvalue weighted by Crippen LogP contribution is 2.43. The molecule has 0 N–H and O–H groups in total. The van der Waals surface area contributed by atoms with Gasteiger partial charge in [-0.1, -0.05) is 134 Å². The van der Waals surface area contributed by atoms with Crippen LogP contribution in [0.2, 0.25) is 10.0 Å². The Labute approximate surface area is 235 Å². The van der Waals surface area contributed by atoms with Crippen molar-refractivity contribution >= 4 is 40.5 Å². The first-order valence-corrected chi connectivity index (χ1v) is 15.4. The Morgan fingerprint density at radius 1 is 0.811 bits per heavy atom. The molecule has 1 aliphatic rings. The van der Waals surface area contributed by atoms with Gasteiger partial charge < -0.3 is 4.74 Å². The average molecular weight is 552 g/mol. The van der Waals surface area contributed by atoms with Crippen LogP contribution < -0.4 is 0 Å². The predicted molar refractivity (Wildman–Crippen MR) is 157 cm³/mol. The van der Waals surface area contributed by atoms with Crippen molar-refractivity contribution < 1.29 is 14.3 Å². The third-order valence-electron chi connectivity index (χ3n) is 7.26. The maximum Gasteiger partial charge on any atom is 0.310 e. The number of rotatable bonds is 18. The fraction of sp³-hybridized carbons (Fsp3) is 0.688. The Balaban J connectivity index is 1.67. The van der Waals surface area contributed by atoms with Gasteiger partial charge >= 0.3 is 5.97 Å². The molecule has 0 saturated heterocycles. The third kappa shape index (κ3) is 12.4. The molecule has 0 heterocycles. The Bertz CT molecular complexity index is 888. The van der Waals surface area contributed by atoms with Gasteiger partial charge in [0, 0.05) is 34.9 Å². The number of carbonyl (C=O) groups is 2. The first-order chi connectivity index (χ1) is 17.7. The lowest BCUT2D eigenvalue weighted by molar-refractivity contribution is -0.140. The molecule has 1 aromatic rings. The molecule has 0 radical (unpaired) electrons. The molecule has 0 aromatic heterocycles. The first-order valence-electron chi connectivity index (χ1n) is 14.7. The second-order valence-electron chi connectivity index (χ2n) is 11.5. The second-order valence-corrected chi connectivity index (χ2v) is 12.4. The number of halogens is 2. The third-order valence-corrected chi connectivity index (χ3v) is 7.82. The number of hydrogen-bond donors (Lipinski definition) is 0. The molecule has 0 unspecified atom stereocenters. The first kappa shape index (κ1) is 31.9. The number of Topliss-reactive ketones (excluding diaryl/α,β-unsaturated/α-hetero) is 1. The molecular weight excluding hydrogens is 503 g/mol. The molecule has 0 spiro atoms. The summed E-state index contributed by atoms with van der Waals surface area (Å²) in [5, 5.41) is 0.927. The molecule has 0 saturated carbocycles. The minimum atomic E-state index is -0.272. The number of unbranched alkanes of at least 4 members (excludes halogenated alkanes) is 14. The van der Waals surface area contributed by atoms with Crippen molar-refractivity contribution in [3.05, 3.63) is 39.6 Å². The van der Waals surface area contributed by atoms with Gasteiger partial charge in [-0.15, -0.1) is 0 Å². The maximum absolute atomic E-state index is 13.0. The van der Waals surface area contributed by atoms with E-state index < -0.39 is 0 Å². The molecule has 0 aliphatic heterocycles. The van der Waals surface area contributed by atoms with Gasteiger partial charge in [0.15, 0.2) is 5.78 Å². The number of ketones is 1. The van der Waals surface area contributed by atoms with E-state index in [2.05, 4.69) is 6.92 Å². The highest BCUT2D eigenvalue weighted by Gasteiger charge is 2.36. The minimum absolute atomic E-state index is 0.0600. The van der Waals surface area contributed by atoms with Gasteiger partial charge in [-0.25, -0.2) is 0 Å².